The third kappa shape index (κ3) is 3.78. The SMILES string of the molecule is C=CCn1c([C@H](CC)CC(C)(C)O)n[nH]c1=S. The minimum Gasteiger partial charge on any atom is -0.390 e. The summed E-state index contributed by atoms with van der Waals surface area (Å²) < 4.78 is 2.54. The molecule has 0 aliphatic carbocycles. The van der Waals surface area contributed by atoms with Crippen LogP contribution in [0.5, 0.6) is 0 Å². The van der Waals surface area contributed by atoms with Gasteiger partial charge in [0.1, 0.15) is 5.82 Å². The first-order valence-corrected chi connectivity index (χ1v) is 6.28. The van der Waals surface area contributed by atoms with Gasteiger partial charge in [0.2, 0.25) is 0 Å². The predicted molar refractivity (Wildman–Crippen MR) is 71.6 cm³/mol. The summed E-state index contributed by atoms with van der Waals surface area (Å²) in [6.45, 7) is 10.1. The molecule has 1 aromatic heterocycles. The van der Waals surface area contributed by atoms with Crippen LogP contribution in [0.3, 0.4) is 0 Å². The molecule has 0 amide bonds. The Hall–Kier alpha value is -0.940. The Balaban J connectivity index is 3.03. The molecule has 0 aliphatic heterocycles. The molecule has 1 heterocycles. The second-order valence-electron chi connectivity index (χ2n) is 4.91. The molecular formula is C12H21N3OS. The molecule has 1 aromatic rings. The van der Waals surface area contributed by atoms with Crippen LogP contribution in [0.25, 0.3) is 0 Å². The fraction of sp³-hybridized carbons (Fsp3) is 0.667. The van der Waals surface area contributed by atoms with Gasteiger partial charge in [-0.1, -0.05) is 13.0 Å². The van der Waals surface area contributed by atoms with Gasteiger partial charge in [-0.05, 0) is 38.9 Å². The van der Waals surface area contributed by atoms with Gasteiger partial charge in [0.05, 0.1) is 5.60 Å². The quantitative estimate of drug-likeness (QED) is 0.607. The molecule has 0 aliphatic rings. The first-order valence-electron chi connectivity index (χ1n) is 5.87. The van der Waals surface area contributed by atoms with Gasteiger partial charge in [0.25, 0.3) is 0 Å². The summed E-state index contributed by atoms with van der Waals surface area (Å²) in [6, 6.07) is 0. The molecule has 17 heavy (non-hydrogen) atoms. The molecule has 5 heteroatoms. The van der Waals surface area contributed by atoms with Crippen LogP contribution in [-0.2, 0) is 6.54 Å². The average molecular weight is 255 g/mol. The molecule has 1 atom stereocenters. The molecule has 0 saturated carbocycles. The lowest BCUT2D eigenvalue weighted by Gasteiger charge is -2.23. The molecule has 0 radical (unpaired) electrons. The third-order valence-electron chi connectivity index (χ3n) is 2.70. The number of allylic oxidation sites excluding steroid dienone is 1. The number of aromatic nitrogens is 3. The van der Waals surface area contributed by atoms with E-state index in [1.807, 2.05) is 18.4 Å². The summed E-state index contributed by atoms with van der Waals surface area (Å²) in [5, 5.41) is 17.0. The maximum absolute atomic E-state index is 9.91. The van der Waals surface area contributed by atoms with E-state index in [1.165, 1.54) is 0 Å². The Morgan fingerprint density at radius 2 is 2.29 bits per heavy atom. The maximum Gasteiger partial charge on any atom is 0.195 e. The van der Waals surface area contributed by atoms with Crippen molar-refractivity contribution in [2.24, 2.45) is 0 Å². The van der Waals surface area contributed by atoms with Crippen molar-refractivity contribution in [3.8, 4) is 0 Å². The zero-order valence-corrected chi connectivity index (χ0v) is 11.5. The average Bonchev–Trinajstić information content (AvgIpc) is 2.57. The van der Waals surface area contributed by atoms with Crippen LogP contribution in [-0.4, -0.2) is 25.5 Å². The Labute approximate surface area is 107 Å². The molecule has 96 valence electrons. The normalized spacial score (nSPS) is 13.6. The highest BCUT2D eigenvalue weighted by Crippen LogP contribution is 2.27. The molecular weight excluding hydrogens is 234 g/mol. The second kappa shape index (κ2) is 5.60. The van der Waals surface area contributed by atoms with Crippen LogP contribution in [0.15, 0.2) is 12.7 Å². The minimum atomic E-state index is -0.701. The number of nitrogens with zero attached hydrogens (tertiary/aromatic N) is 2. The van der Waals surface area contributed by atoms with Gasteiger partial charge in [0.15, 0.2) is 4.77 Å². The Kier molecular flexibility index (Phi) is 4.65. The van der Waals surface area contributed by atoms with E-state index < -0.39 is 5.60 Å². The van der Waals surface area contributed by atoms with Crippen LogP contribution >= 0.6 is 12.2 Å². The highest BCUT2D eigenvalue weighted by molar-refractivity contribution is 7.71. The summed E-state index contributed by atoms with van der Waals surface area (Å²) in [4.78, 5) is 0. The fourth-order valence-corrected chi connectivity index (χ4v) is 2.18. The highest BCUT2D eigenvalue weighted by Gasteiger charge is 2.24. The lowest BCUT2D eigenvalue weighted by atomic mass is 9.91. The van der Waals surface area contributed by atoms with Crippen LogP contribution in [0, 0.1) is 4.77 Å². The summed E-state index contributed by atoms with van der Waals surface area (Å²) >= 11 is 5.18. The molecule has 0 unspecified atom stereocenters. The molecule has 0 spiro atoms. The lowest BCUT2D eigenvalue weighted by molar-refractivity contribution is 0.0611. The highest BCUT2D eigenvalue weighted by atomic mass is 32.1. The van der Waals surface area contributed by atoms with E-state index in [2.05, 4.69) is 23.7 Å². The molecule has 4 nitrogen and oxygen atoms in total. The van der Waals surface area contributed by atoms with E-state index in [9.17, 15) is 5.11 Å². The predicted octanol–water partition coefficient (Wildman–Crippen LogP) is 2.78. The monoisotopic (exact) mass is 255 g/mol. The molecule has 0 fully saturated rings. The van der Waals surface area contributed by atoms with Crippen molar-refractivity contribution in [1.29, 1.82) is 0 Å². The van der Waals surface area contributed by atoms with Crippen molar-refractivity contribution in [3.63, 3.8) is 0 Å². The van der Waals surface area contributed by atoms with Crippen LogP contribution in [0.4, 0.5) is 0 Å². The van der Waals surface area contributed by atoms with Gasteiger partial charge in [-0.3, -0.25) is 5.10 Å². The van der Waals surface area contributed by atoms with Crippen molar-refractivity contribution in [3.05, 3.63) is 23.3 Å². The zero-order chi connectivity index (χ0) is 13.1. The molecule has 0 bridgehead atoms. The van der Waals surface area contributed by atoms with Crippen molar-refractivity contribution in [2.75, 3.05) is 0 Å². The third-order valence-corrected chi connectivity index (χ3v) is 3.02. The number of hydrogen-bond donors (Lipinski definition) is 2. The molecule has 0 aromatic carbocycles. The first-order chi connectivity index (χ1) is 7.89. The van der Waals surface area contributed by atoms with E-state index in [1.54, 1.807) is 6.08 Å². The van der Waals surface area contributed by atoms with Gasteiger partial charge in [0, 0.05) is 12.5 Å². The molecule has 0 saturated heterocycles. The first kappa shape index (κ1) is 14.1. The number of aliphatic hydroxyl groups is 1. The Morgan fingerprint density at radius 1 is 1.65 bits per heavy atom. The minimum absolute atomic E-state index is 0.197. The topological polar surface area (TPSA) is 53.8 Å². The van der Waals surface area contributed by atoms with Gasteiger partial charge < -0.3 is 9.67 Å². The molecule has 1 rings (SSSR count). The number of nitrogens with one attached hydrogen (secondary N) is 1. The van der Waals surface area contributed by atoms with Crippen molar-refractivity contribution < 1.29 is 5.11 Å². The van der Waals surface area contributed by atoms with E-state index in [4.69, 9.17) is 12.2 Å². The van der Waals surface area contributed by atoms with E-state index >= 15 is 0 Å². The van der Waals surface area contributed by atoms with Crippen molar-refractivity contribution >= 4 is 12.2 Å². The van der Waals surface area contributed by atoms with E-state index in [0.29, 0.717) is 17.7 Å². The largest absolute Gasteiger partial charge is 0.390 e. The molecule has 2 N–H and O–H groups in total. The number of rotatable bonds is 6. The maximum atomic E-state index is 9.91. The summed E-state index contributed by atoms with van der Waals surface area (Å²) in [6.07, 6.45) is 3.38. The summed E-state index contributed by atoms with van der Waals surface area (Å²) in [5.41, 5.74) is -0.701. The van der Waals surface area contributed by atoms with Gasteiger partial charge >= 0.3 is 0 Å². The van der Waals surface area contributed by atoms with Gasteiger partial charge in [-0.15, -0.1) is 6.58 Å². The van der Waals surface area contributed by atoms with Crippen molar-refractivity contribution in [2.45, 2.75) is 51.7 Å². The number of H-pyrrole nitrogens is 1. The lowest BCUT2D eigenvalue weighted by Crippen LogP contribution is -2.23. The summed E-state index contributed by atoms with van der Waals surface area (Å²) in [7, 11) is 0. The second-order valence-corrected chi connectivity index (χ2v) is 5.29. The van der Waals surface area contributed by atoms with Crippen LogP contribution < -0.4 is 0 Å². The number of aromatic amines is 1. The van der Waals surface area contributed by atoms with Gasteiger partial charge in [-0.2, -0.15) is 5.10 Å². The van der Waals surface area contributed by atoms with Crippen LogP contribution in [0.1, 0.15) is 45.4 Å². The van der Waals surface area contributed by atoms with Crippen LogP contribution in [0.2, 0.25) is 0 Å². The van der Waals surface area contributed by atoms with Gasteiger partial charge in [-0.25, -0.2) is 0 Å². The van der Waals surface area contributed by atoms with Crippen molar-refractivity contribution in [1.82, 2.24) is 14.8 Å². The Bertz CT molecular complexity index is 428. The standard InChI is InChI=1S/C12H21N3OS/c1-5-7-15-10(13-14-11(15)17)9(6-2)8-12(3,4)16/h5,9,16H,1,6-8H2,2-4H3,(H,14,17)/t9-/m1/s1. The summed E-state index contributed by atoms with van der Waals surface area (Å²) in [5.74, 6) is 1.10. The number of hydrogen-bond acceptors (Lipinski definition) is 3. The van der Waals surface area contributed by atoms with E-state index in [-0.39, 0.29) is 5.92 Å². The van der Waals surface area contributed by atoms with E-state index in [0.717, 1.165) is 12.2 Å². The zero-order valence-electron chi connectivity index (χ0n) is 10.7. The fourth-order valence-electron chi connectivity index (χ4n) is 1.97. The Morgan fingerprint density at radius 3 is 2.76 bits per heavy atom. The smallest absolute Gasteiger partial charge is 0.195 e.